The van der Waals surface area contributed by atoms with Crippen molar-refractivity contribution in [2.24, 2.45) is 4.47 Å². The van der Waals surface area contributed by atoms with Crippen molar-refractivity contribution in [1.29, 1.82) is 0 Å². The number of likely N-dealkylation sites (N-methyl/N-ethyl adjacent to an activating group) is 1. The lowest BCUT2D eigenvalue weighted by atomic mass is 10.6. The topological polar surface area (TPSA) is 15.6 Å². The summed E-state index contributed by atoms with van der Waals surface area (Å²) in [5.74, 6) is 0. The van der Waals surface area contributed by atoms with Crippen LogP contribution in [0.4, 0.5) is 0 Å². The van der Waals surface area contributed by atoms with Gasteiger partial charge in [-0.2, -0.15) is 5.01 Å². The van der Waals surface area contributed by atoms with E-state index >= 15 is 0 Å². The summed E-state index contributed by atoms with van der Waals surface area (Å²) in [5.41, 5.74) is 0. The van der Waals surface area contributed by atoms with Crippen molar-refractivity contribution in [2.75, 3.05) is 13.6 Å². The molecule has 0 aromatic heterocycles. The Morgan fingerprint density at radius 1 is 2.00 bits per heavy atom. The van der Waals surface area contributed by atoms with Gasteiger partial charge in [-0.15, -0.1) is 11.1 Å². The van der Waals surface area contributed by atoms with Crippen molar-refractivity contribution in [3.63, 3.8) is 0 Å². The number of hydrogen-bond acceptors (Lipinski definition) is 2. The van der Waals surface area contributed by atoms with Gasteiger partial charge in [0, 0.05) is 34.9 Å². The van der Waals surface area contributed by atoms with E-state index in [1.807, 2.05) is 7.05 Å². The van der Waals surface area contributed by atoms with Crippen molar-refractivity contribution < 1.29 is 0 Å². The first kappa shape index (κ1) is 7.94. The molecule has 46 valence electrons. The highest BCUT2D eigenvalue weighted by Gasteiger charge is 1.83. The SMILES string of the molecule is C=CCN(C)N=S=S. The van der Waals surface area contributed by atoms with Gasteiger partial charge >= 0.3 is 0 Å². The van der Waals surface area contributed by atoms with Gasteiger partial charge in [0.05, 0.1) is 0 Å². The van der Waals surface area contributed by atoms with Gasteiger partial charge in [-0.3, -0.25) is 0 Å². The predicted molar refractivity (Wildman–Crippen MR) is 40.0 cm³/mol. The molecular formula is C4H8N2S2. The Morgan fingerprint density at radius 3 is 3.00 bits per heavy atom. The van der Waals surface area contributed by atoms with Crippen LogP contribution in [0.25, 0.3) is 0 Å². The summed E-state index contributed by atoms with van der Waals surface area (Å²) in [4.78, 5) is 0. The van der Waals surface area contributed by atoms with Gasteiger partial charge in [0.2, 0.25) is 0 Å². The van der Waals surface area contributed by atoms with Crippen LogP contribution in [0.2, 0.25) is 0 Å². The second kappa shape index (κ2) is 5.08. The van der Waals surface area contributed by atoms with Crippen LogP contribution in [0.3, 0.4) is 0 Å². The Bertz CT molecular complexity index is 117. The zero-order chi connectivity index (χ0) is 6.41. The fourth-order valence-corrected chi connectivity index (χ4v) is 0.799. The minimum absolute atomic E-state index is 0.754. The number of nitrogens with zero attached hydrogens (tertiary/aromatic N) is 2. The Hall–Kier alpha value is -0.0600. The first-order valence-electron chi connectivity index (χ1n) is 2.13. The smallest absolute Gasteiger partial charge is 0.0477 e. The first-order valence-corrected chi connectivity index (χ1v) is 3.83. The van der Waals surface area contributed by atoms with E-state index in [1.54, 1.807) is 11.1 Å². The van der Waals surface area contributed by atoms with Crippen LogP contribution in [0.15, 0.2) is 17.1 Å². The molecule has 0 saturated heterocycles. The molecule has 0 aliphatic heterocycles. The van der Waals surface area contributed by atoms with Crippen LogP contribution in [0, 0.1) is 0 Å². The summed E-state index contributed by atoms with van der Waals surface area (Å²) in [7, 11) is 2.88. The molecule has 0 aliphatic carbocycles. The third kappa shape index (κ3) is 4.11. The van der Waals surface area contributed by atoms with Gasteiger partial charge < -0.3 is 0 Å². The van der Waals surface area contributed by atoms with Crippen LogP contribution >= 0.6 is 0 Å². The molecule has 0 aromatic rings. The molecule has 0 spiro atoms. The average molecular weight is 148 g/mol. The molecule has 0 saturated carbocycles. The van der Waals surface area contributed by atoms with E-state index in [9.17, 15) is 0 Å². The summed E-state index contributed by atoms with van der Waals surface area (Å²) in [5, 5.41) is 1.73. The second-order valence-corrected chi connectivity index (χ2v) is 2.04. The van der Waals surface area contributed by atoms with Crippen molar-refractivity contribution in [2.45, 2.75) is 0 Å². The predicted octanol–water partition coefficient (Wildman–Crippen LogP) is 0.747. The molecule has 0 bridgehead atoms. The van der Waals surface area contributed by atoms with Gasteiger partial charge in [-0.25, -0.2) is 0 Å². The molecule has 0 rings (SSSR count). The highest BCUT2D eigenvalue weighted by atomic mass is 32.8. The largest absolute Gasteiger partial charge is 0.188 e. The normalized spacial score (nSPS) is 8.75. The maximum Gasteiger partial charge on any atom is 0.0477 e. The maximum absolute atomic E-state index is 4.52. The van der Waals surface area contributed by atoms with Gasteiger partial charge in [0.1, 0.15) is 0 Å². The van der Waals surface area contributed by atoms with Crippen LogP contribution in [-0.2, 0) is 21.3 Å². The van der Waals surface area contributed by atoms with Crippen LogP contribution in [0.5, 0.6) is 0 Å². The van der Waals surface area contributed by atoms with E-state index in [0.29, 0.717) is 0 Å². The molecule has 0 amide bonds. The van der Waals surface area contributed by atoms with Crippen LogP contribution < -0.4 is 0 Å². The standard InChI is InChI=1S/C4H8N2S2/c1-3-4-6(2)5-8-7/h3H,1,4H2,2H3. The molecule has 0 atom stereocenters. The lowest BCUT2D eigenvalue weighted by molar-refractivity contribution is 0.404. The molecule has 0 fully saturated rings. The van der Waals surface area contributed by atoms with E-state index in [1.165, 1.54) is 0 Å². The summed E-state index contributed by atoms with van der Waals surface area (Å²) in [6.45, 7) is 4.29. The first-order chi connectivity index (χ1) is 3.81. The molecule has 0 aromatic carbocycles. The van der Waals surface area contributed by atoms with Crippen molar-refractivity contribution in [3.05, 3.63) is 12.7 Å². The lowest BCUT2D eigenvalue weighted by Gasteiger charge is -2.00. The number of rotatable bonds is 3. The van der Waals surface area contributed by atoms with Crippen molar-refractivity contribution in [1.82, 2.24) is 5.01 Å². The highest BCUT2D eigenvalue weighted by molar-refractivity contribution is 8.12. The third-order valence-electron chi connectivity index (χ3n) is 0.566. The summed E-state index contributed by atoms with van der Waals surface area (Å²) < 4.78 is 3.81. The average Bonchev–Trinajstić information content (AvgIpc) is 1.68. The Balaban J connectivity index is 3.46. The molecule has 4 heteroatoms. The lowest BCUT2D eigenvalue weighted by Crippen LogP contribution is -2.08. The molecule has 2 nitrogen and oxygen atoms in total. The Labute approximate surface area is 57.5 Å². The van der Waals surface area contributed by atoms with Gasteiger partial charge in [-0.1, -0.05) is 6.08 Å². The van der Waals surface area contributed by atoms with Gasteiger partial charge in [-0.05, 0) is 0 Å². The highest BCUT2D eigenvalue weighted by Crippen LogP contribution is 1.79. The second-order valence-electron chi connectivity index (χ2n) is 1.29. The zero-order valence-corrected chi connectivity index (χ0v) is 6.34. The van der Waals surface area contributed by atoms with E-state index in [2.05, 4.69) is 22.2 Å². The summed E-state index contributed by atoms with van der Waals surface area (Å²) >= 11 is 4.52. The minimum Gasteiger partial charge on any atom is -0.188 e. The van der Waals surface area contributed by atoms with E-state index in [-0.39, 0.29) is 0 Å². The van der Waals surface area contributed by atoms with E-state index in [0.717, 1.165) is 16.7 Å². The molecule has 0 heterocycles. The monoisotopic (exact) mass is 148 g/mol. The summed E-state index contributed by atoms with van der Waals surface area (Å²) in [6, 6.07) is 0. The molecule has 0 radical (unpaired) electrons. The Kier molecular flexibility index (Phi) is 5.05. The molecule has 0 N–H and O–H groups in total. The number of hydrogen-bond donors (Lipinski definition) is 0. The van der Waals surface area contributed by atoms with Crippen molar-refractivity contribution in [3.8, 4) is 0 Å². The van der Waals surface area contributed by atoms with E-state index < -0.39 is 0 Å². The van der Waals surface area contributed by atoms with Gasteiger partial charge in [0.15, 0.2) is 0 Å². The maximum atomic E-state index is 4.52. The molecule has 8 heavy (non-hydrogen) atoms. The van der Waals surface area contributed by atoms with E-state index in [4.69, 9.17) is 0 Å². The zero-order valence-electron chi connectivity index (χ0n) is 4.70. The van der Waals surface area contributed by atoms with Crippen LogP contribution in [0.1, 0.15) is 0 Å². The molecule has 0 unspecified atom stereocenters. The minimum atomic E-state index is 0.754. The fourth-order valence-electron chi connectivity index (χ4n) is 0.277. The van der Waals surface area contributed by atoms with Gasteiger partial charge in [0.25, 0.3) is 0 Å². The Morgan fingerprint density at radius 2 is 2.62 bits per heavy atom. The fraction of sp³-hybridized carbons (Fsp3) is 0.500. The third-order valence-corrected chi connectivity index (χ3v) is 1.11. The van der Waals surface area contributed by atoms with Crippen molar-refractivity contribution >= 4 is 21.3 Å². The molecule has 0 aliphatic rings. The summed E-state index contributed by atoms with van der Waals surface area (Å²) in [6.07, 6.45) is 1.77. The van der Waals surface area contributed by atoms with Crippen LogP contribution in [-0.4, -0.2) is 18.6 Å². The molecular weight excluding hydrogens is 140 g/mol. The quantitative estimate of drug-likeness (QED) is 0.433.